The van der Waals surface area contributed by atoms with Crippen LogP contribution in [0.2, 0.25) is 0 Å². The normalized spacial score (nSPS) is 19.8. The predicted octanol–water partition coefficient (Wildman–Crippen LogP) is 2.17. The number of amides is 1. The smallest absolute Gasteiger partial charge is 0.410 e. The summed E-state index contributed by atoms with van der Waals surface area (Å²) < 4.78 is 7.35. The number of aryl methyl sites for hydroxylation is 2. The Morgan fingerprint density at radius 3 is 2.52 bits per heavy atom. The first kappa shape index (κ1) is 15.7. The number of hydrogen-bond acceptors (Lipinski definition) is 4. The van der Waals surface area contributed by atoms with E-state index in [0.29, 0.717) is 13.1 Å². The van der Waals surface area contributed by atoms with E-state index in [9.17, 15) is 4.79 Å². The third-order valence-corrected chi connectivity index (χ3v) is 3.64. The fourth-order valence-corrected chi connectivity index (χ4v) is 2.72. The highest BCUT2D eigenvalue weighted by molar-refractivity contribution is 5.68. The molecule has 0 unspecified atom stereocenters. The Bertz CT molecular complexity index is 499. The molecule has 1 aliphatic heterocycles. The molecule has 0 aliphatic carbocycles. The quantitative estimate of drug-likeness (QED) is 0.796. The van der Waals surface area contributed by atoms with Crippen molar-refractivity contribution in [2.45, 2.75) is 46.3 Å². The van der Waals surface area contributed by atoms with E-state index < -0.39 is 5.60 Å². The van der Waals surface area contributed by atoms with Crippen molar-refractivity contribution in [3.63, 3.8) is 0 Å². The van der Waals surface area contributed by atoms with E-state index in [1.54, 1.807) is 4.90 Å². The Balaban J connectivity index is 2.04. The summed E-state index contributed by atoms with van der Waals surface area (Å²) in [6.07, 6.45) is 1.65. The highest BCUT2D eigenvalue weighted by Gasteiger charge is 2.31. The Labute approximate surface area is 126 Å². The molecule has 118 valence electrons. The van der Waals surface area contributed by atoms with E-state index in [1.807, 2.05) is 38.7 Å². The summed E-state index contributed by atoms with van der Waals surface area (Å²) in [7, 11) is 1.95. The van der Waals surface area contributed by atoms with Crippen LogP contribution >= 0.6 is 0 Å². The van der Waals surface area contributed by atoms with Crippen molar-refractivity contribution in [1.29, 1.82) is 0 Å². The number of hydrogen-bond donors (Lipinski definition) is 0. The lowest BCUT2D eigenvalue weighted by Crippen LogP contribution is -2.55. The molecular weight excluding hydrogens is 268 g/mol. The summed E-state index contributed by atoms with van der Waals surface area (Å²) in [6.45, 7) is 12.0. The van der Waals surface area contributed by atoms with Gasteiger partial charge in [-0.2, -0.15) is 5.10 Å². The van der Waals surface area contributed by atoms with Gasteiger partial charge in [-0.15, -0.1) is 0 Å². The van der Waals surface area contributed by atoms with Gasteiger partial charge in [0.05, 0.1) is 6.20 Å². The predicted molar refractivity (Wildman–Crippen MR) is 82.6 cm³/mol. The summed E-state index contributed by atoms with van der Waals surface area (Å²) in [5.41, 5.74) is 0.714. The average Bonchev–Trinajstić information content (AvgIpc) is 2.67. The number of aromatic nitrogens is 2. The van der Waals surface area contributed by atoms with E-state index >= 15 is 0 Å². The average molecular weight is 294 g/mol. The number of ether oxygens (including phenoxy) is 1. The standard InChI is InChI=1S/C15H26N4O2/c1-11-9-16-17(6)13(11)19-8-7-18(10-12(19)2)14(20)21-15(3,4)5/h9,12H,7-8,10H2,1-6H3/t12-/m1/s1. The monoisotopic (exact) mass is 294 g/mol. The molecule has 1 atom stereocenters. The van der Waals surface area contributed by atoms with Crippen molar-refractivity contribution in [2.75, 3.05) is 24.5 Å². The highest BCUT2D eigenvalue weighted by atomic mass is 16.6. The van der Waals surface area contributed by atoms with Gasteiger partial charge in [0.1, 0.15) is 11.4 Å². The molecular formula is C15H26N4O2. The van der Waals surface area contributed by atoms with Gasteiger partial charge in [0.2, 0.25) is 0 Å². The maximum atomic E-state index is 12.2. The van der Waals surface area contributed by atoms with Crippen LogP contribution in [0.5, 0.6) is 0 Å². The Morgan fingerprint density at radius 2 is 2.05 bits per heavy atom. The van der Waals surface area contributed by atoms with Crippen molar-refractivity contribution >= 4 is 11.9 Å². The minimum absolute atomic E-state index is 0.226. The summed E-state index contributed by atoms with van der Waals surface area (Å²) >= 11 is 0. The topological polar surface area (TPSA) is 50.6 Å². The second-order valence-corrected chi connectivity index (χ2v) is 6.74. The van der Waals surface area contributed by atoms with E-state index in [2.05, 4.69) is 23.8 Å². The fraction of sp³-hybridized carbons (Fsp3) is 0.733. The summed E-state index contributed by atoms with van der Waals surface area (Å²) in [4.78, 5) is 16.3. The van der Waals surface area contributed by atoms with Crippen molar-refractivity contribution in [3.05, 3.63) is 11.8 Å². The number of carbonyl (C=O) groups is 1. The third kappa shape index (κ3) is 3.49. The Kier molecular flexibility index (Phi) is 4.16. The molecule has 1 aliphatic rings. The van der Waals surface area contributed by atoms with Crippen LogP contribution < -0.4 is 4.90 Å². The number of anilines is 1. The number of piperazine rings is 1. The number of rotatable bonds is 1. The van der Waals surface area contributed by atoms with E-state index in [-0.39, 0.29) is 12.1 Å². The fourth-order valence-electron chi connectivity index (χ4n) is 2.72. The lowest BCUT2D eigenvalue weighted by atomic mass is 10.1. The van der Waals surface area contributed by atoms with E-state index in [1.165, 1.54) is 0 Å². The first-order valence-corrected chi connectivity index (χ1v) is 7.42. The van der Waals surface area contributed by atoms with Gasteiger partial charge in [-0.05, 0) is 34.6 Å². The SMILES string of the molecule is Cc1cnn(C)c1N1CCN(C(=O)OC(C)(C)C)C[C@H]1C. The van der Waals surface area contributed by atoms with Gasteiger partial charge >= 0.3 is 6.09 Å². The molecule has 21 heavy (non-hydrogen) atoms. The zero-order chi connectivity index (χ0) is 15.8. The summed E-state index contributed by atoms with van der Waals surface area (Å²) in [5.74, 6) is 1.13. The Morgan fingerprint density at radius 1 is 1.38 bits per heavy atom. The van der Waals surface area contributed by atoms with Gasteiger partial charge in [0.25, 0.3) is 0 Å². The van der Waals surface area contributed by atoms with Crippen LogP contribution in [0.25, 0.3) is 0 Å². The lowest BCUT2D eigenvalue weighted by molar-refractivity contribution is 0.0218. The minimum atomic E-state index is -0.448. The van der Waals surface area contributed by atoms with Crippen LogP contribution in [0.4, 0.5) is 10.6 Å². The van der Waals surface area contributed by atoms with Crippen molar-refractivity contribution in [3.8, 4) is 0 Å². The van der Waals surface area contributed by atoms with Crippen LogP contribution in [0.15, 0.2) is 6.20 Å². The van der Waals surface area contributed by atoms with Gasteiger partial charge in [-0.1, -0.05) is 0 Å². The number of nitrogens with zero attached hydrogens (tertiary/aromatic N) is 4. The molecule has 1 aromatic heterocycles. The van der Waals surface area contributed by atoms with Crippen LogP contribution in [-0.4, -0.2) is 52.1 Å². The molecule has 1 amide bonds. The van der Waals surface area contributed by atoms with Crippen molar-refractivity contribution in [2.24, 2.45) is 7.05 Å². The van der Waals surface area contributed by atoms with E-state index in [4.69, 9.17) is 4.74 Å². The van der Waals surface area contributed by atoms with Gasteiger partial charge < -0.3 is 14.5 Å². The molecule has 0 bridgehead atoms. The molecule has 6 nitrogen and oxygen atoms in total. The second-order valence-electron chi connectivity index (χ2n) is 6.74. The van der Waals surface area contributed by atoms with E-state index in [0.717, 1.165) is 17.9 Å². The first-order valence-electron chi connectivity index (χ1n) is 7.42. The first-order chi connectivity index (χ1) is 9.69. The lowest BCUT2D eigenvalue weighted by Gasteiger charge is -2.41. The zero-order valence-corrected chi connectivity index (χ0v) is 13.9. The number of carbonyl (C=O) groups excluding carboxylic acids is 1. The molecule has 0 saturated carbocycles. The third-order valence-electron chi connectivity index (χ3n) is 3.64. The summed E-state index contributed by atoms with van der Waals surface area (Å²) in [6, 6.07) is 0.236. The molecule has 1 saturated heterocycles. The molecule has 2 rings (SSSR count). The van der Waals surface area contributed by atoms with Crippen LogP contribution in [0, 0.1) is 6.92 Å². The highest BCUT2D eigenvalue weighted by Crippen LogP contribution is 2.24. The minimum Gasteiger partial charge on any atom is -0.444 e. The molecule has 0 N–H and O–H groups in total. The van der Waals surface area contributed by atoms with Gasteiger partial charge in [-0.3, -0.25) is 4.68 Å². The molecule has 1 fully saturated rings. The molecule has 0 spiro atoms. The second kappa shape index (κ2) is 5.58. The van der Waals surface area contributed by atoms with Crippen LogP contribution in [-0.2, 0) is 11.8 Å². The molecule has 2 heterocycles. The molecule has 0 radical (unpaired) electrons. The molecule has 6 heteroatoms. The van der Waals surface area contributed by atoms with Gasteiger partial charge in [-0.25, -0.2) is 4.79 Å². The van der Waals surface area contributed by atoms with Crippen molar-refractivity contribution < 1.29 is 9.53 Å². The van der Waals surface area contributed by atoms with Gasteiger partial charge in [0, 0.05) is 38.3 Å². The molecule has 1 aromatic rings. The Hall–Kier alpha value is -1.72. The van der Waals surface area contributed by atoms with Gasteiger partial charge in [0.15, 0.2) is 0 Å². The van der Waals surface area contributed by atoms with Crippen LogP contribution in [0.3, 0.4) is 0 Å². The summed E-state index contributed by atoms with van der Waals surface area (Å²) in [5, 5.41) is 4.30. The van der Waals surface area contributed by atoms with Crippen molar-refractivity contribution in [1.82, 2.24) is 14.7 Å². The maximum absolute atomic E-state index is 12.2. The molecule has 0 aromatic carbocycles. The zero-order valence-electron chi connectivity index (χ0n) is 13.9. The van der Waals surface area contributed by atoms with Crippen LogP contribution in [0.1, 0.15) is 33.3 Å². The largest absolute Gasteiger partial charge is 0.444 e. The maximum Gasteiger partial charge on any atom is 0.410 e.